The monoisotopic (exact) mass is 490 g/mol. The zero-order chi connectivity index (χ0) is 22.2. The van der Waals surface area contributed by atoms with E-state index in [9.17, 15) is 14.4 Å². The number of hydrogen-bond donors (Lipinski definition) is 1. The summed E-state index contributed by atoms with van der Waals surface area (Å²) in [5.74, 6) is -0.273. The molecule has 1 aliphatic rings. The highest BCUT2D eigenvalue weighted by Crippen LogP contribution is 2.26. The Labute approximate surface area is 189 Å². The largest absolute Gasteiger partial charge is 0.465 e. The van der Waals surface area contributed by atoms with E-state index < -0.39 is 16.7 Å². The molecule has 0 aliphatic carbocycles. The molecule has 15 heteroatoms. The molecule has 0 saturated carbocycles. The fourth-order valence-electron chi connectivity index (χ4n) is 2.52. The number of hydrazone groups is 1. The highest BCUT2D eigenvalue weighted by molar-refractivity contribution is 7.11. The molecule has 3 rings (SSSR count). The van der Waals surface area contributed by atoms with Crippen molar-refractivity contribution in [2.75, 3.05) is 44.4 Å². The predicted octanol–water partition coefficient (Wildman–Crippen LogP) is 0.343. The summed E-state index contributed by atoms with van der Waals surface area (Å²) < 4.78 is 24.9. The summed E-state index contributed by atoms with van der Waals surface area (Å²) in [5, 5.41) is 3.81. The molecule has 1 N–H and O–H groups in total. The van der Waals surface area contributed by atoms with E-state index in [0.29, 0.717) is 32.1 Å². The van der Waals surface area contributed by atoms with Crippen LogP contribution in [0.15, 0.2) is 9.90 Å². The van der Waals surface area contributed by atoms with Gasteiger partial charge in [-0.1, -0.05) is 22.9 Å². The molecule has 31 heavy (non-hydrogen) atoms. The molecule has 1 saturated heterocycles. The Hall–Kier alpha value is -2.55. The van der Waals surface area contributed by atoms with E-state index in [-0.39, 0.29) is 35.7 Å². The first-order valence-corrected chi connectivity index (χ1v) is 11.1. The van der Waals surface area contributed by atoms with Crippen molar-refractivity contribution < 1.29 is 23.8 Å². The number of hydrogen-bond acceptors (Lipinski definition) is 12. The number of thiazole rings is 1. The zero-order valence-electron chi connectivity index (χ0n) is 16.4. The normalized spacial score (nSPS) is 14.1. The number of halogens is 1. The van der Waals surface area contributed by atoms with Crippen molar-refractivity contribution in [2.24, 2.45) is 5.10 Å². The Kier molecular flexibility index (Phi) is 8.34. The second kappa shape index (κ2) is 11.2. The predicted molar refractivity (Wildman–Crippen MR) is 114 cm³/mol. The van der Waals surface area contributed by atoms with Crippen LogP contribution in [0.3, 0.4) is 0 Å². The molecular weight excluding hydrogens is 472 g/mol. The fraction of sp³-hybridized carbons (Fsp3) is 0.500. The highest BCUT2D eigenvalue weighted by Gasteiger charge is 2.20. The van der Waals surface area contributed by atoms with E-state index in [1.807, 2.05) is 4.90 Å². The summed E-state index contributed by atoms with van der Waals surface area (Å²) in [6.45, 7) is 3.73. The first-order chi connectivity index (χ1) is 15.0. The average Bonchev–Trinajstić information content (AvgIpc) is 3.33. The fourth-order valence-corrected chi connectivity index (χ4v) is 4.14. The molecule has 0 aromatic carbocycles. The summed E-state index contributed by atoms with van der Waals surface area (Å²) >= 11 is 7.90. The number of aromatic nitrogens is 3. The van der Waals surface area contributed by atoms with Crippen LogP contribution in [0, 0.1) is 0 Å². The van der Waals surface area contributed by atoms with Gasteiger partial charge in [0.2, 0.25) is 5.82 Å². The first-order valence-electron chi connectivity index (χ1n) is 9.14. The van der Waals surface area contributed by atoms with Crippen molar-refractivity contribution in [3.63, 3.8) is 0 Å². The van der Waals surface area contributed by atoms with Gasteiger partial charge in [-0.15, -0.1) is 4.37 Å². The third-order valence-electron chi connectivity index (χ3n) is 3.91. The molecule has 168 valence electrons. The van der Waals surface area contributed by atoms with Crippen molar-refractivity contribution in [3.8, 4) is 5.88 Å². The van der Waals surface area contributed by atoms with Crippen LogP contribution in [0.25, 0.3) is 0 Å². The van der Waals surface area contributed by atoms with E-state index in [1.54, 1.807) is 6.92 Å². The lowest BCUT2D eigenvalue weighted by atomic mass is 10.4. The van der Waals surface area contributed by atoms with E-state index in [0.717, 1.165) is 27.6 Å². The number of nitrogens with zero attached hydrogens (tertiary/aromatic N) is 5. The highest BCUT2D eigenvalue weighted by atomic mass is 35.5. The molecule has 1 amide bonds. The van der Waals surface area contributed by atoms with E-state index in [4.69, 9.17) is 25.8 Å². The minimum atomic E-state index is -0.578. The van der Waals surface area contributed by atoms with Crippen LogP contribution in [0.1, 0.15) is 11.8 Å². The van der Waals surface area contributed by atoms with Crippen LogP contribution >= 0.6 is 34.7 Å². The first kappa shape index (κ1) is 23.1. The van der Waals surface area contributed by atoms with Gasteiger partial charge >= 0.3 is 10.8 Å². The number of amides is 1. The second-order valence-electron chi connectivity index (χ2n) is 5.99. The van der Waals surface area contributed by atoms with Gasteiger partial charge in [0.05, 0.1) is 42.6 Å². The van der Waals surface area contributed by atoms with Gasteiger partial charge in [0.1, 0.15) is 11.7 Å². The summed E-state index contributed by atoms with van der Waals surface area (Å²) in [7, 11) is 0. The Morgan fingerprint density at radius 1 is 1.35 bits per heavy atom. The van der Waals surface area contributed by atoms with Crippen LogP contribution in [0.5, 0.6) is 5.88 Å². The summed E-state index contributed by atoms with van der Waals surface area (Å²) in [4.78, 5) is 37.4. The lowest BCUT2D eigenvalue weighted by molar-refractivity contribution is -0.143. The number of morpholine rings is 1. The van der Waals surface area contributed by atoms with Crippen LogP contribution < -0.4 is 19.9 Å². The lowest BCUT2D eigenvalue weighted by Crippen LogP contribution is -2.36. The van der Waals surface area contributed by atoms with Crippen molar-refractivity contribution in [1.82, 2.24) is 18.7 Å². The van der Waals surface area contributed by atoms with Crippen molar-refractivity contribution in [1.29, 1.82) is 0 Å². The SMILES string of the molecule is CCOC(=O)Cn1c(Cl)c(C=NNC(=O)COc2nsnc2N2CCOCC2)sc1=O. The third-order valence-corrected chi connectivity index (χ3v) is 5.85. The second-order valence-corrected chi connectivity index (χ2v) is 7.87. The minimum absolute atomic E-state index is 0.0287. The minimum Gasteiger partial charge on any atom is -0.465 e. The van der Waals surface area contributed by atoms with Crippen LogP contribution in [0.4, 0.5) is 5.82 Å². The maximum absolute atomic E-state index is 12.0. The summed E-state index contributed by atoms with van der Waals surface area (Å²) in [6, 6.07) is 0. The molecule has 0 atom stereocenters. The maximum atomic E-state index is 12.0. The molecular formula is C16H19ClN6O6S2. The standard InChI is InChI=1S/C16H19ClN6O6S2/c1-2-28-12(25)8-23-13(17)10(30-16(23)26)7-18-19-11(24)9-29-15-14(20-31-21-15)22-3-5-27-6-4-22/h7H,2-6,8-9H2,1H3,(H,19,24). The molecule has 2 aromatic rings. The molecule has 3 heterocycles. The van der Waals surface area contributed by atoms with E-state index in [2.05, 4.69) is 19.3 Å². The van der Waals surface area contributed by atoms with Gasteiger partial charge in [-0.25, -0.2) is 5.43 Å². The number of esters is 1. The Morgan fingerprint density at radius 3 is 2.87 bits per heavy atom. The van der Waals surface area contributed by atoms with Gasteiger partial charge in [-0.2, -0.15) is 9.47 Å². The van der Waals surface area contributed by atoms with Gasteiger partial charge in [0, 0.05) is 13.1 Å². The number of nitrogens with one attached hydrogen (secondary N) is 1. The number of ether oxygens (including phenoxy) is 3. The van der Waals surface area contributed by atoms with Crippen molar-refractivity contribution in [2.45, 2.75) is 13.5 Å². The van der Waals surface area contributed by atoms with E-state index in [1.165, 1.54) is 6.21 Å². The zero-order valence-corrected chi connectivity index (χ0v) is 18.8. The molecule has 0 unspecified atom stereocenters. The Morgan fingerprint density at radius 2 is 2.13 bits per heavy atom. The Balaban J connectivity index is 1.52. The van der Waals surface area contributed by atoms with Crippen LogP contribution in [-0.2, 0) is 25.6 Å². The molecule has 0 spiro atoms. The number of carbonyl (C=O) groups is 2. The smallest absolute Gasteiger partial charge is 0.326 e. The lowest BCUT2D eigenvalue weighted by Gasteiger charge is -2.26. The van der Waals surface area contributed by atoms with Gasteiger partial charge in [0.15, 0.2) is 6.61 Å². The molecule has 1 fully saturated rings. The molecule has 0 bridgehead atoms. The molecule has 1 aliphatic heterocycles. The van der Waals surface area contributed by atoms with Gasteiger partial charge in [-0.3, -0.25) is 19.0 Å². The number of rotatable bonds is 9. The van der Waals surface area contributed by atoms with Gasteiger partial charge in [0.25, 0.3) is 11.8 Å². The quantitative estimate of drug-likeness (QED) is 0.299. The molecule has 12 nitrogen and oxygen atoms in total. The summed E-state index contributed by atoms with van der Waals surface area (Å²) in [6.07, 6.45) is 1.22. The summed E-state index contributed by atoms with van der Waals surface area (Å²) in [5.41, 5.74) is 2.28. The Bertz CT molecular complexity index is 999. The van der Waals surface area contributed by atoms with Crippen LogP contribution in [0.2, 0.25) is 5.15 Å². The maximum Gasteiger partial charge on any atom is 0.326 e. The van der Waals surface area contributed by atoms with Crippen molar-refractivity contribution in [3.05, 3.63) is 19.7 Å². The molecule has 2 aromatic heterocycles. The van der Waals surface area contributed by atoms with Crippen molar-refractivity contribution >= 4 is 58.6 Å². The number of carbonyl (C=O) groups excluding carboxylic acids is 2. The topological polar surface area (TPSA) is 137 Å². The molecule has 0 radical (unpaired) electrons. The average molecular weight is 491 g/mol. The van der Waals surface area contributed by atoms with Crippen LogP contribution in [-0.4, -0.2) is 70.9 Å². The number of anilines is 1. The van der Waals surface area contributed by atoms with Gasteiger partial charge < -0.3 is 19.1 Å². The third kappa shape index (κ3) is 6.22. The van der Waals surface area contributed by atoms with E-state index >= 15 is 0 Å². The van der Waals surface area contributed by atoms with Gasteiger partial charge in [-0.05, 0) is 6.92 Å².